The van der Waals surface area contributed by atoms with Gasteiger partial charge in [-0.3, -0.25) is 13.9 Å². The molecule has 0 spiro atoms. The molecule has 2 amide bonds. The Kier molecular flexibility index (Phi) is 8.70. The molecule has 0 aromatic heterocycles. The number of carbonyl (C=O) groups excluding carboxylic acids is 2. The van der Waals surface area contributed by atoms with Crippen molar-refractivity contribution in [1.82, 2.24) is 10.2 Å². The van der Waals surface area contributed by atoms with E-state index >= 15 is 0 Å². The van der Waals surface area contributed by atoms with E-state index in [9.17, 15) is 22.4 Å². The van der Waals surface area contributed by atoms with Crippen molar-refractivity contribution in [1.29, 1.82) is 0 Å². The molecule has 0 saturated carbocycles. The molecule has 190 valence electrons. The minimum Gasteiger partial charge on any atom is -0.357 e. The Balaban J connectivity index is 2.08. The molecule has 3 rings (SSSR count). The summed E-state index contributed by atoms with van der Waals surface area (Å²) < 4.78 is 42.8. The molecule has 0 aliphatic carbocycles. The lowest BCUT2D eigenvalue weighted by atomic mass is 10.1. The van der Waals surface area contributed by atoms with E-state index in [1.807, 2.05) is 0 Å². The summed E-state index contributed by atoms with van der Waals surface area (Å²) in [4.78, 5) is 27.3. The number of sulfonamides is 1. The highest BCUT2D eigenvalue weighted by molar-refractivity contribution is 7.92. The van der Waals surface area contributed by atoms with Gasteiger partial charge in [0, 0.05) is 24.2 Å². The summed E-state index contributed by atoms with van der Waals surface area (Å²) in [6.07, 6.45) is 0. The lowest BCUT2D eigenvalue weighted by molar-refractivity contribution is -0.139. The average Bonchev–Trinajstić information content (AvgIpc) is 2.87. The Morgan fingerprint density at radius 1 is 1.03 bits per heavy atom. The van der Waals surface area contributed by atoms with Crippen molar-refractivity contribution in [2.75, 3.05) is 17.9 Å². The van der Waals surface area contributed by atoms with Gasteiger partial charge in [-0.15, -0.1) is 0 Å². The van der Waals surface area contributed by atoms with E-state index in [-0.39, 0.29) is 22.7 Å². The number of hydrogen-bond acceptors (Lipinski definition) is 4. The molecular formula is C26H27ClFN3O4S. The van der Waals surface area contributed by atoms with Crippen LogP contribution in [0.5, 0.6) is 0 Å². The minimum atomic E-state index is -4.20. The topological polar surface area (TPSA) is 86.8 Å². The molecule has 0 unspecified atom stereocenters. The van der Waals surface area contributed by atoms with Crippen LogP contribution in [0, 0.1) is 12.7 Å². The molecule has 0 aliphatic heterocycles. The lowest BCUT2D eigenvalue weighted by Gasteiger charge is -2.32. The molecule has 3 aromatic rings. The number of nitrogens with one attached hydrogen (secondary N) is 1. The average molecular weight is 532 g/mol. The summed E-state index contributed by atoms with van der Waals surface area (Å²) in [5.41, 5.74) is 0.989. The van der Waals surface area contributed by atoms with E-state index < -0.39 is 40.2 Å². The van der Waals surface area contributed by atoms with Gasteiger partial charge in [0.1, 0.15) is 18.4 Å². The van der Waals surface area contributed by atoms with Crippen molar-refractivity contribution in [3.63, 3.8) is 0 Å². The number of aryl methyl sites for hydroxylation is 1. The fourth-order valence-corrected chi connectivity index (χ4v) is 5.34. The Morgan fingerprint density at radius 3 is 2.31 bits per heavy atom. The fraction of sp³-hybridized carbons (Fsp3) is 0.231. The molecule has 1 N–H and O–H groups in total. The van der Waals surface area contributed by atoms with Crippen LogP contribution in [-0.4, -0.2) is 44.8 Å². The van der Waals surface area contributed by atoms with Gasteiger partial charge < -0.3 is 10.2 Å². The standard InChI is InChI=1S/C26H27ClFN3O4S/c1-18-13-14-21(27)15-24(18)31(36(34,35)22-10-5-4-6-11-22)17-25(32)30(19(2)26(33)29-3)16-20-9-7-8-12-23(20)28/h4-15,19H,16-17H2,1-3H3,(H,29,33)/t19-/m1/s1. The van der Waals surface area contributed by atoms with Gasteiger partial charge in [-0.25, -0.2) is 12.8 Å². The summed E-state index contributed by atoms with van der Waals surface area (Å²) in [5.74, 6) is -1.71. The largest absolute Gasteiger partial charge is 0.357 e. The highest BCUT2D eigenvalue weighted by Gasteiger charge is 2.33. The molecule has 3 aromatic carbocycles. The summed E-state index contributed by atoms with van der Waals surface area (Å²) in [7, 11) is -2.78. The van der Waals surface area contributed by atoms with Crippen molar-refractivity contribution in [2.24, 2.45) is 0 Å². The second-order valence-corrected chi connectivity index (χ2v) is 10.5. The SMILES string of the molecule is CNC(=O)[C@@H](C)N(Cc1ccccc1F)C(=O)CN(c1cc(Cl)ccc1C)S(=O)(=O)c1ccccc1. The monoisotopic (exact) mass is 531 g/mol. The molecule has 0 radical (unpaired) electrons. The first-order valence-electron chi connectivity index (χ1n) is 11.1. The lowest BCUT2D eigenvalue weighted by Crippen LogP contribution is -2.51. The number of likely N-dealkylation sites (N-methyl/N-ethyl adjacent to an activating group) is 1. The Bertz CT molecular complexity index is 1350. The number of anilines is 1. The second-order valence-electron chi connectivity index (χ2n) is 8.16. The molecule has 0 aliphatic rings. The number of nitrogens with zero attached hydrogens (tertiary/aromatic N) is 2. The molecule has 0 heterocycles. The van der Waals surface area contributed by atoms with Gasteiger partial charge in [-0.05, 0) is 49.7 Å². The zero-order valence-corrected chi connectivity index (χ0v) is 21.7. The normalized spacial score (nSPS) is 12.0. The third-order valence-electron chi connectivity index (χ3n) is 5.76. The van der Waals surface area contributed by atoms with Gasteiger partial charge in [0.15, 0.2) is 0 Å². The maximum atomic E-state index is 14.4. The van der Waals surface area contributed by atoms with Crippen molar-refractivity contribution in [2.45, 2.75) is 31.3 Å². The third kappa shape index (κ3) is 6.03. The van der Waals surface area contributed by atoms with Crippen molar-refractivity contribution >= 4 is 39.1 Å². The zero-order valence-electron chi connectivity index (χ0n) is 20.1. The summed E-state index contributed by atoms with van der Waals surface area (Å²) in [6, 6.07) is 17.3. The van der Waals surface area contributed by atoms with Crippen LogP contribution >= 0.6 is 11.6 Å². The number of amides is 2. The van der Waals surface area contributed by atoms with Crippen LogP contribution in [0.15, 0.2) is 77.7 Å². The summed E-state index contributed by atoms with van der Waals surface area (Å²) in [5, 5.41) is 2.77. The number of halogens is 2. The molecule has 0 fully saturated rings. The number of benzene rings is 3. The molecular weight excluding hydrogens is 505 g/mol. The Morgan fingerprint density at radius 2 is 1.67 bits per heavy atom. The van der Waals surface area contributed by atoms with Crippen molar-refractivity contribution < 1.29 is 22.4 Å². The summed E-state index contributed by atoms with van der Waals surface area (Å²) in [6.45, 7) is 2.34. The smallest absolute Gasteiger partial charge is 0.264 e. The first-order chi connectivity index (χ1) is 17.1. The van der Waals surface area contributed by atoms with Gasteiger partial charge in [0.2, 0.25) is 11.8 Å². The number of carbonyl (C=O) groups is 2. The first-order valence-corrected chi connectivity index (χ1v) is 13.0. The highest BCUT2D eigenvalue weighted by atomic mass is 35.5. The Hall–Kier alpha value is -3.43. The Labute approximate surface area is 215 Å². The van der Waals surface area contributed by atoms with E-state index in [0.29, 0.717) is 10.6 Å². The molecule has 0 saturated heterocycles. The van der Waals surface area contributed by atoms with Crippen LogP contribution in [0.25, 0.3) is 0 Å². The predicted octanol–water partition coefficient (Wildman–Crippen LogP) is 4.15. The van der Waals surface area contributed by atoms with E-state index in [1.54, 1.807) is 43.3 Å². The fourth-order valence-electron chi connectivity index (χ4n) is 3.69. The molecule has 1 atom stereocenters. The molecule has 7 nitrogen and oxygen atoms in total. The van der Waals surface area contributed by atoms with Gasteiger partial charge in [-0.2, -0.15) is 0 Å². The van der Waals surface area contributed by atoms with E-state index in [0.717, 1.165) is 9.21 Å². The van der Waals surface area contributed by atoms with Crippen LogP contribution in [0.4, 0.5) is 10.1 Å². The first kappa shape index (κ1) is 27.2. The molecule has 36 heavy (non-hydrogen) atoms. The van der Waals surface area contributed by atoms with Crippen molar-refractivity contribution in [3.05, 3.63) is 94.8 Å². The van der Waals surface area contributed by atoms with Gasteiger partial charge in [0.05, 0.1) is 10.6 Å². The van der Waals surface area contributed by atoms with E-state index in [2.05, 4.69) is 5.32 Å². The van der Waals surface area contributed by atoms with Crippen LogP contribution < -0.4 is 9.62 Å². The third-order valence-corrected chi connectivity index (χ3v) is 7.77. The zero-order chi connectivity index (χ0) is 26.5. The minimum absolute atomic E-state index is 0.0165. The van der Waals surface area contributed by atoms with Gasteiger partial charge >= 0.3 is 0 Å². The molecule has 0 bridgehead atoms. The van der Waals surface area contributed by atoms with Crippen LogP contribution in [0.1, 0.15) is 18.1 Å². The maximum absolute atomic E-state index is 14.4. The van der Waals surface area contributed by atoms with Crippen LogP contribution in [-0.2, 0) is 26.2 Å². The number of hydrogen-bond donors (Lipinski definition) is 1. The molecule has 10 heteroatoms. The quantitative estimate of drug-likeness (QED) is 0.449. The van der Waals surface area contributed by atoms with Gasteiger partial charge in [0.25, 0.3) is 10.0 Å². The highest BCUT2D eigenvalue weighted by Crippen LogP contribution is 2.30. The second kappa shape index (κ2) is 11.5. The van der Waals surface area contributed by atoms with Crippen LogP contribution in [0.3, 0.4) is 0 Å². The van der Waals surface area contributed by atoms with Crippen LogP contribution in [0.2, 0.25) is 5.02 Å². The van der Waals surface area contributed by atoms with Gasteiger partial charge in [-0.1, -0.05) is 54.1 Å². The van der Waals surface area contributed by atoms with E-state index in [4.69, 9.17) is 11.6 Å². The number of rotatable bonds is 9. The maximum Gasteiger partial charge on any atom is 0.264 e. The van der Waals surface area contributed by atoms with E-state index in [1.165, 1.54) is 50.4 Å². The van der Waals surface area contributed by atoms with Crippen molar-refractivity contribution in [3.8, 4) is 0 Å². The predicted molar refractivity (Wildman–Crippen MR) is 138 cm³/mol. The summed E-state index contributed by atoms with van der Waals surface area (Å²) >= 11 is 6.18.